The van der Waals surface area contributed by atoms with Crippen LogP contribution in [0.4, 0.5) is 18.9 Å². The highest BCUT2D eigenvalue weighted by Crippen LogP contribution is 2.30. The van der Waals surface area contributed by atoms with Crippen LogP contribution in [0, 0.1) is 0 Å². The molecule has 0 atom stereocenters. The Kier molecular flexibility index (Phi) is 6.62. The lowest BCUT2D eigenvalue weighted by atomic mass is 10.2. The summed E-state index contributed by atoms with van der Waals surface area (Å²) in [5, 5.41) is 3.51. The fraction of sp³-hybridized carbons (Fsp3) is 0.571. The first-order valence-electron chi connectivity index (χ1n) is 6.68. The molecule has 0 heterocycles. The Morgan fingerprint density at radius 3 is 2.45 bits per heavy atom. The van der Waals surface area contributed by atoms with Crippen LogP contribution in [0.25, 0.3) is 0 Å². The Morgan fingerprint density at radius 2 is 1.95 bits per heavy atom. The third-order valence-corrected chi connectivity index (χ3v) is 3.10. The summed E-state index contributed by atoms with van der Waals surface area (Å²) < 4.78 is 37.8. The molecule has 114 valence electrons. The summed E-state index contributed by atoms with van der Waals surface area (Å²) in [5.74, 6) is 0. The molecule has 1 rings (SSSR count). The van der Waals surface area contributed by atoms with E-state index < -0.39 is 12.7 Å². The molecule has 0 aliphatic rings. The van der Waals surface area contributed by atoms with Crippen molar-refractivity contribution in [2.75, 3.05) is 24.5 Å². The Labute approximate surface area is 122 Å². The predicted molar refractivity (Wildman–Crippen MR) is 77.4 cm³/mol. The summed E-state index contributed by atoms with van der Waals surface area (Å²) in [6, 6.07) is 5.19. The van der Waals surface area contributed by atoms with Crippen LogP contribution in [0.2, 0.25) is 5.02 Å². The van der Waals surface area contributed by atoms with Crippen molar-refractivity contribution >= 4 is 17.3 Å². The summed E-state index contributed by atoms with van der Waals surface area (Å²) in [6.45, 7) is 4.66. The maximum Gasteiger partial charge on any atom is 0.405 e. The van der Waals surface area contributed by atoms with E-state index in [1.54, 1.807) is 12.1 Å². The number of halogens is 4. The normalized spacial score (nSPS) is 11.7. The minimum absolute atomic E-state index is 0.325. The van der Waals surface area contributed by atoms with Crippen molar-refractivity contribution in [3.05, 3.63) is 28.8 Å². The standard InChI is InChI=1S/C14H20ClF3N2/c1-3-7-20(10-14(16,17)18)13-6-5-11(8-12(13)15)9-19-4-2/h5-6,8,19H,3-4,7,9-10H2,1-2H3. The average molecular weight is 309 g/mol. The zero-order valence-electron chi connectivity index (χ0n) is 11.7. The number of nitrogens with zero attached hydrogens (tertiary/aromatic N) is 1. The maximum atomic E-state index is 12.6. The highest BCUT2D eigenvalue weighted by Gasteiger charge is 2.31. The first-order chi connectivity index (χ1) is 9.37. The maximum absolute atomic E-state index is 12.6. The number of hydrogen-bond donors (Lipinski definition) is 1. The van der Waals surface area contributed by atoms with Gasteiger partial charge < -0.3 is 10.2 Å². The van der Waals surface area contributed by atoms with Gasteiger partial charge in [-0.05, 0) is 30.7 Å². The molecule has 20 heavy (non-hydrogen) atoms. The van der Waals surface area contributed by atoms with Gasteiger partial charge in [-0.2, -0.15) is 13.2 Å². The first-order valence-corrected chi connectivity index (χ1v) is 7.06. The molecule has 6 heteroatoms. The van der Waals surface area contributed by atoms with Crippen molar-refractivity contribution in [3.8, 4) is 0 Å². The minimum Gasteiger partial charge on any atom is -0.361 e. The molecule has 0 bridgehead atoms. The van der Waals surface area contributed by atoms with Gasteiger partial charge in [-0.3, -0.25) is 0 Å². The number of nitrogens with one attached hydrogen (secondary N) is 1. The summed E-state index contributed by atoms with van der Waals surface area (Å²) >= 11 is 6.13. The van der Waals surface area contributed by atoms with Crippen LogP contribution in [0.5, 0.6) is 0 Å². The number of benzene rings is 1. The Bertz CT molecular complexity index is 421. The molecule has 0 saturated heterocycles. The van der Waals surface area contributed by atoms with Gasteiger partial charge in [0.2, 0.25) is 0 Å². The molecule has 0 aromatic heterocycles. The molecule has 0 saturated carbocycles. The van der Waals surface area contributed by atoms with E-state index in [1.807, 2.05) is 19.9 Å². The quantitative estimate of drug-likeness (QED) is 0.811. The third kappa shape index (κ3) is 5.59. The topological polar surface area (TPSA) is 15.3 Å². The molecular formula is C14H20ClF3N2. The van der Waals surface area contributed by atoms with Gasteiger partial charge >= 0.3 is 6.18 Å². The predicted octanol–water partition coefficient (Wildman–Crippen LogP) is 4.23. The Morgan fingerprint density at radius 1 is 1.25 bits per heavy atom. The van der Waals surface area contributed by atoms with E-state index in [1.165, 1.54) is 4.90 Å². The SMILES string of the molecule is CCCN(CC(F)(F)F)c1ccc(CNCC)cc1Cl. The zero-order chi connectivity index (χ0) is 15.2. The van der Waals surface area contributed by atoms with Gasteiger partial charge in [-0.15, -0.1) is 0 Å². The molecule has 0 unspecified atom stereocenters. The van der Waals surface area contributed by atoms with Gasteiger partial charge in [-0.25, -0.2) is 0 Å². The molecule has 1 aromatic rings. The van der Waals surface area contributed by atoms with Gasteiger partial charge in [0, 0.05) is 13.1 Å². The second kappa shape index (κ2) is 7.74. The van der Waals surface area contributed by atoms with E-state index in [9.17, 15) is 13.2 Å². The Hall–Kier alpha value is -0.940. The number of rotatable bonds is 7. The lowest BCUT2D eigenvalue weighted by Crippen LogP contribution is -2.35. The van der Waals surface area contributed by atoms with E-state index in [0.29, 0.717) is 30.2 Å². The van der Waals surface area contributed by atoms with Gasteiger partial charge in [0.05, 0.1) is 10.7 Å². The Balaban J connectivity index is 2.90. The number of anilines is 1. The minimum atomic E-state index is -4.24. The molecule has 2 nitrogen and oxygen atoms in total. The van der Waals surface area contributed by atoms with Crippen molar-refractivity contribution in [1.29, 1.82) is 0 Å². The van der Waals surface area contributed by atoms with Crippen LogP contribution in [-0.2, 0) is 6.54 Å². The lowest BCUT2D eigenvalue weighted by molar-refractivity contribution is -0.119. The molecule has 0 radical (unpaired) electrons. The van der Waals surface area contributed by atoms with Crippen molar-refractivity contribution in [3.63, 3.8) is 0 Å². The van der Waals surface area contributed by atoms with Gasteiger partial charge in [0.25, 0.3) is 0 Å². The summed E-state index contributed by atoms with van der Waals surface area (Å²) in [6.07, 6.45) is -3.60. The van der Waals surface area contributed by atoms with Crippen LogP contribution < -0.4 is 10.2 Å². The fourth-order valence-electron chi connectivity index (χ4n) is 1.96. The molecule has 0 spiro atoms. The second-order valence-electron chi connectivity index (χ2n) is 4.60. The smallest absolute Gasteiger partial charge is 0.361 e. The molecule has 1 aromatic carbocycles. The van der Waals surface area contributed by atoms with Crippen LogP contribution in [-0.4, -0.2) is 25.8 Å². The van der Waals surface area contributed by atoms with E-state index in [0.717, 1.165) is 12.1 Å². The zero-order valence-corrected chi connectivity index (χ0v) is 12.5. The second-order valence-corrected chi connectivity index (χ2v) is 5.01. The highest BCUT2D eigenvalue weighted by atomic mass is 35.5. The van der Waals surface area contributed by atoms with Crippen LogP contribution in [0.1, 0.15) is 25.8 Å². The molecular weight excluding hydrogens is 289 g/mol. The molecule has 1 N–H and O–H groups in total. The lowest BCUT2D eigenvalue weighted by Gasteiger charge is -2.26. The summed E-state index contributed by atoms with van der Waals surface area (Å²) in [7, 11) is 0. The summed E-state index contributed by atoms with van der Waals surface area (Å²) in [5.41, 5.74) is 1.40. The van der Waals surface area contributed by atoms with Crippen molar-refractivity contribution < 1.29 is 13.2 Å². The van der Waals surface area contributed by atoms with Gasteiger partial charge in [0.1, 0.15) is 6.54 Å². The largest absolute Gasteiger partial charge is 0.405 e. The monoisotopic (exact) mass is 308 g/mol. The molecule has 0 aliphatic carbocycles. The van der Waals surface area contributed by atoms with Crippen molar-refractivity contribution in [2.24, 2.45) is 0 Å². The average Bonchev–Trinajstić information content (AvgIpc) is 2.34. The molecule has 0 amide bonds. The van der Waals surface area contributed by atoms with Crippen LogP contribution >= 0.6 is 11.6 Å². The van der Waals surface area contributed by atoms with E-state index in [4.69, 9.17) is 11.6 Å². The van der Waals surface area contributed by atoms with Gasteiger partial charge in [0.15, 0.2) is 0 Å². The van der Waals surface area contributed by atoms with Crippen molar-refractivity contribution in [1.82, 2.24) is 5.32 Å². The molecule has 0 aliphatic heterocycles. The highest BCUT2D eigenvalue weighted by molar-refractivity contribution is 6.33. The molecule has 0 fully saturated rings. The van der Waals surface area contributed by atoms with E-state index >= 15 is 0 Å². The van der Waals surface area contributed by atoms with E-state index in [-0.39, 0.29) is 0 Å². The summed E-state index contributed by atoms with van der Waals surface area (Å²) in [4.78, 5) is 1.28. The third-order valence-electron chi connectivity index (χ3n) is 2.80. The fourth-order valence-corrected chi connectivity index (χ4v) is 2.28. The number of alkyl halides is 3. The van der Waals surface area contributed by atoms with Crippen LogP contribution in [0.3, 0.4) is 0 Å². The van der Waals surface area contributed by atoms with E-state index in [2.05, 4.69) is 5.32 Å². The number of hydrogen-bond acceptors (Lipinski definition) is 2. The van der Waals surface area contributed by atoms with Crippen molar-refractivity contribution in [2.45, 2.75) is 33.0 Å². The van der Waals surface area contributed by atoms with Crippen LogP contribution in [0.15, 0.2) is 18.2 Å². The van der Waals surface area contributed by atoms with Gasteiger partial charge in [-0.1, -0.05) is 31.5 Å². The first kappa shape index (κ1) is 17.1.